The highest BCUT2D eigenvalue weighted by Gasteiger charge is 2.43. The minimum absolute atomic E-state index is 0.0691. The van der Waals surface area contributed by atoms with Gasteiger partial charge in [-0.2, -0.15) is 8.78 Å². The van der Waals surface area contributed by atoms with Crippen molar-refractivity contribution in [3.05, 3.63) is 0 Å². The molecular weight excluding hydrogens is 276 g/mol. The molecule has 1 heterocycles. The summed E-state index contributed by atoms with van der Waals surface area (Å²) in [7, 11) is 0. The van der Waals surface area contributed by atoms with Crippen LogP contribution in [0.4, 0.5) is 13.6 Å². The first-order chi connectivity index (χ1) is 9.01. The van der Waals surface area contributed by atoms with Gasteiger partial charge in [0, 0.05) is 6.54 Å². The molecule has 0 aromatic heterocycles. The van der Waals surface area contributed by atoms with E-state index in [1.54, 1.807) is 20.8 Å². The molecular formula is C12H19F2NO5. The molecule has 0 aromatic carbocycles. The molecule has 1 amide bonds. The zero-order chi connectivity index (χ0) is 15.6. The van der Waals surface area contributed by atoms with Crippen molar-refractivity contribution in [2.75, 3.05) is 19.7 Å². The lowest BCUT2D eigenvalue weighted by Gasteiger charge is -2.34. The number of hydrogen-bond acceptors (Lipinski definition) is 4. The van der Waals surface area contributed by atoms with Crippen LogP contribution in [0.1, 0.15) is 27.2 Å². The molecule has 1 unspecified atom stereocenters. The molecule has 8 heteroatoms. The number of carboxylic acid groups (broad SMARTS) is 1. The normalized spacial score (nSPS) is 20.6. The van der Waals surface area contributed by atoms with Gasteiger partial charge in [0.05, 0.1) is 25.7 Å². The molecule has 1 saturated heterocycles. The highest BCUT2D eigenvalue weighted by atomic mass is 19.3. The second-order valence-electron chi connectivity index (χ2n) is 5.63. The third-order valence-corrected chi connectivity index (χ3v) is 2.59. The summed E-state index contributed by atoms with van der Waals surface area (Å²) in [6, 6.07) is 0. The second kappa shape index (κ2) is 5.90. The number of nitrogens with zero attached hydrogens (tertiary/aromatic N) is 1. The number of carbonyl (C=O) groups is 2. The Kier molecular flexibility index (Phi) is 4.90. The molecule has 116 valence electrons. The number of morpholine rings is 1. The minimum Gasteiger partial charge on any atom is -0.477 e. The van der Waals surface area contributed by atoms with E-state index in [1.165, 1.54) is 4.90 Å². The Morgan fingerprint density at radius 3 is 2.50 bits per heavy atom. The highest BCUT2D eigenvalue weighted by molar-refractivity contribution is 5.75. The van der Waals surface area contributed by atoms with Gasteiger partial charge >= 0.3 is 18.0 Å². The Hall–Kier alpha value is -1.44. The minimum atomic E-state index is -3.87. The Balaban J connectivity index is 2.59. The summed E-state index contributed by atoms with van der Waals surface area (Å²) in [6.45, 7) is 5.27. The van der Waals surface area contributed by atoms with Crippen molar-refractivity contribution in [1.29, 1.82) is 0 Å². The molecule has 0 bridgehead atoms. The van der Waals surface area contributed by atoms with Crippen molar-refractivity contribution in [3.8, 4) is 0 Å². The third-order valence-electron chi connectivity index (χ3n) is 2.59. The molecule has 1 aliphatic rings. The van der Waals surface area contributed by atoms with E-state index in [0.717, 1.165) is 0 Å². The Morgan fingerprint density at radius 1 is 1.40 bits per heavy atom. The standard InChI is InChI=1S/C12H19F2NO5/c1-11(2,3)20-10(18)15-4-5-19-8(7-15)6-12(13,14)9(16)17/h8H,4-7H2,1-3H3,(H,16,17). The summed E-state index contributed by atoms with van der Waals surface area (Å²) < 4.78 is 36.4. The van der Waals surface area contributed by atoms with Gasteiger partial charge in [0.2, 0.25) is 0 Å². The van der Waals surface area contributed by atoms with E-state index < -0.39 is 36.1 Å². The van der Waals surface area contributed by atoms with Crippen LogP contribution in [0.2, 0.25) is 0 Å². The number of aliphatic carboxylic acids is 1. The van der Waals surface area contributed by atoms with Gasteiger partial charge in [0.25, 0.3) is 0 Å². The van der Waals surface area contributed by atoms with Crippen LogP contribution in [-0.2, 0) is 14.3 Å². The van der Waals surface area contributed by atoms with Crippen molar-refractivity contribution in [3.63, 3.8) is 0 Å². The fourth-order valence-corrected chi connectivity index (χ4v) is 1.71. The predicted molar refractivity (Wildman–Crippen MR) is 64.7 cm³/mol. The summed E-state index contributed by atoms with van der Waals surface area (Å²) in [4.78, 5) is 23.4. The predicted octanol–water partition coefficient (Wildman–Crippen LogP) is 1.73. The molecule has 1 fully saturated rings. The Bertz CT molecular complexity index is 381. The van der Waals surface area contributed by atoms with Gasteiger partial charge in [-0.1, -0.05) is 0 Å². The van der Waals surface area contributed by atoms with Gasteiger partial charge in [0.1, 0.15) is 5.60 Å². The van der Waals surface area contributed by atoms with E-state index >= 15 is 0 Å². The number of halogens is 2. The smallest absolute Gasteiger partial charge is 0.410 e. The molecule has 0 spiro atoms. The van der Waals surface area contributed by atoms with Gasteiger partial charge in [-0.15, -0.1) is 0 Å². The van der Waals surface area contributed by atoms with Gasteiger partial charge in [-0.05, 0) is 20.8 Å². The molecule has 0 aromatic rings. The Labute approximate surface area is 115 Å². The Morgan fingerprint density at radius 2 is 2.00 bits per heavy atom. The maximum atomic E-state index is 13.1. The fraction of sp³-hybridized carbons (Fsp3) is 0.833. The van der Waals surface area contributed by atoms with Crippen LogP contribution < -0.4 is 0 Å². The maximum absolute atomic E-state index is 13.1. The van der Waals surface area contributed by atoms with E-state index in [-0.39, 0.29) is 19.7 Å². The summed E-state index contributed by atoms with van der Waals surface area (Å²) in [5.74, 6) is -6.07. The lowest BCUT2D eigenvalue weighted by atomic mass is 10.1. The first-order valence-corrected chi connectivity index (χ1v) is 6.22. The zero-order valence-electron chi connectivity index (χ0n) is 11.7. The fourth-order valence-electron chi connectivity index (χ4n) is 1.71. The van der Waals surface area contributed by atoms with Crippen molar-refractivity contribution >= 4 is 12.1 Å². The van der Waals surface area contributed by atoms with E-state index in [4.69, 9.17) is 14.6 Å². The van der Waals surface area contributed by atoms with Crippen LogP contribution in [-0.4, -0.2) is 59.4 Å². The molecule has 0 saturated carbocycles. The van der Waals surface area contributed by atoms with E-state index in [1.807, 2.05) is 0 Å². The van der Waals surface area contributed by atoms with E-state index in [9.17, 15) is 18.4 Å². The second-order valence-corrected chi connectivity index (χ2v) is 5.63. The van der Waals surface area contributed by atoms with Crippen molar-refractivity contribution in [2.45, 2.75) is 44.8 Å². The van der Waals surface area contributed by atoms with Crippen molar-refractivity contribution in [2.24, 2.45) is 0 Å². The van der Waals surface area contributed by atoms with Crippen LogP contribution in [0.15, 0.2) is 0 Å². The molecule has 1 rings (SSSR count). The van der Waals surface area contributed by atoms with Crippen LogP contribution in [0, 0.1) is 0 Å². The molecule has 0 aliphatic carbocycles. The SMILES string of the molecule is CC(C)(C)OC(=O)N1CCOC(CC(F)(F)C(=O)O)C1. The number of rotatable bonds is 3. The molecule has 1 N–H and O–H groups in total. The average molecular weight is 295 g/mol. The highest BCUT2D eigenvalue weighted by Crippen LogP contribution is 2.24. The number of carboxylic acids is 1. The average Bonchev–Trinajstić information content (AvgIpc) is 2.26. The van der Waals surface area contributed by atoms with Gasteiger partial charge in [-0.3, -0.25) is 0 Å². The lowest BCUT2D eigenvalue weighted by Crippen LogP contribution is -2.49. The number of hydrogen-bond donors (Lipinski definition) is 1. The topological polar surface area (TPSA) is 76.1 Å². The molecule has 1 aliphatic heterocycles. The van der Waals surface area contributed by atoms with Gasteiger partial charge in [-0.25, -0.2) is 9.59 Å². The lowest BCUT2D eigenvalue weighted by molar-refractivity contribution is -0.172. The van der Waals surface area contributed by atoms with Crippen LogP contribution in [0.3, 0.4) is 0 Å². The zero-order valence-corrected chi connectivity index (χ0v) is 11.7. The largest absolute Gasteiger partial charge is 0.477 e. The van der Waals surface area contributed by atoms with Gasteiger partial charge < -0.3 is 19.5 Å². The first kappa shape index (κ1) is 16.6. The summed E-state index contributed by atoms with van der Waals surface area (Å²) in [6.07, 6.45) is -2.62. The number of carbonyl (C=O) groups excluding carboxylic acids is 1. The third kappa shape index (κ3) is 4.92. The molecule has 6 nitrogen and oxygen atoms in total. The van der Waals surface area contributed by atoms with E-state index in [0.29, 0.717) is 0 Å². The summed E-state index contributed by atoms with van der Waals surface area (Å²) in [5.41, 5.74) is -0.685. The van der Waals surface area contributed by atoms with E-state index in [2.05, 4.69) is 0 Å². The number of ether oxygens (including phenoxy) is 2. The summed E-state index contributed by atoms with van der Waals surface area (Å²) in [5, 5.41) is 8.39. The van der Waals surface area contributed by atoms with Crippen LogP contribution >= 0.6 is 0 Å². The molecule has 0 radical (unpaired) electrons. The quantitative estimate of drug-likeness (QED) is 0.858. The maximum Gasteiger partial charge on any atom is 0.410 e. The number of alkyl halides is 2. The molecule has 1 atom stereocenters. The van der Waals surface area contributed by atoms with Gasteiger partial charge in [0.15, 0.2) is 0 Å². The molecule has 20 heavy (non-hydrogen) atoms. The monoisotopic (exact) mass is 295 g/mol. The number of amides is 1. The van der Waals surface area contributed by atoms with Crippen LogP contribution in [0.5, 0.6) is 0 Å². The van der Waals surface area contributed by atoms with Crippen molar-refractivity contribution < 1.29 is 33.0 Å². The van der Waals surface area contributed by atoms with Crippen LogP contribution in [0.25, 0.3) is 0 Å². The first-order valence-electron chi connectivity index (χ1n) is 6.22. The summed E-state index contributed by atoms with van der Waals surface area (Å²) >= 11 is 0. The van der Waals surface area contributed by atoms with Crippen molar-refractivity contribution in [1.82, 2.24) is 4.90 Å².